The maximum atomic E-state index is 11.3. The van der Waals surface area contributed by atoms with Crippen LogP contribution >= 0.6 is 0 Å². The molecule has 0 saturated heterocycles. The summed E-state index contributed by atoms with van der Waals surface area (Å²) in [4.78, 5) is 10.3. The number of carbonyl (C=O) groups excluding carboxylic acids is 1. The molecule has 0 atom stereocenters. The minimum atomic E-state index is -2.04. The van der Waals surface area contributed by atoms with Gasteiger partial charge in [-0.3, -0.25) is 0 Å². The fourth-order valence-electron chi connectivity index (χ4n) is 0.355. The maximum absolute atomic E-state index is 11.3. The molecule has 0 amide bonds. The third-order valence-corrected chi connectivity index (χ3v) is 0.579. The molecule has 0 aromatic carbocycles. The topological polar surface area (TPSA) is 26.3 Å². The van der Waals surface area contributed by atoms with E-state index < -0.39 is 12.0 Å². The average molecular weight is 150 g/mol. The number of ether oxygens (including phenoxy) is 1. The van der Waals surface area contributed by atoms with Gasteiger partial charge in [0.15, 0.2) is 0 Å². The third-order valence-electron chi connectivity index (χ3n) is 0.579. The molecule has 0 N–H and O–H groups in total. The Morgan fingerprint density at radius 3 is 2.30 bits per heavy atom. The summed E-state index contributed by atoms with van der Waals surface area (Å²) in [6.45, 7) is 3.17. The van der Waals surface area contributed by atoms with E-state index in [9.17, 15) is 13.6 Å². The fourth-order valence-corrected chi connectivity index (χ4v) is 0.355. The Bertz CT molecular complexity index is 148. The van der Waals surface area contributed by atoms with Gasteiger partial charge in [0.1, 0.15) is 0 Å². The van der Waals surface area contributed by atoms with Crippen LogP contribution in [0, 0.1) is 0 Å². The Morgan fingerprint density at radius 2 is 2.00 bits per heavy atom. The molecule has 2 nitrogen and oxygen atoms in total. The van der Waals surface area contributed by atoms with Crippen LogP contribution in [-0.4, -0.2) is 12.1 Å². The molecule has 0 radical (unpaired) electrons. The molecule has 10 heavy (non-hydrogen) atoms. The van der Waals surface area contributed by atoms with Gasteiger partial charge in [0.2, 0.25) is 0 Å². The van der Waals surface area contributed by atoms with Gasteiger partial charge >= 0.3 is 5.97 Å². The van der Waals surface area contributed by atoms with Crippen LogP contribution in [0.15, 0.2) is 12.2 Å². The molecule has 0 fully saturated rings. The number of esters is 1. The Morgan fingerprint density at radius 1 is 1.50 bits per heavy atom. The summed E-state index contributed by atoms with van der Waals surface area (Å²) >= 11 is 0. The van der Waals surface area contributed by atoms with E-state index in [4.69, 9.17) is 0 Å². The molecule has 0 heterocycles. The Kier molecular flexibility index (Phi) is 3.61. The zero-order valence-corrected chi connectivity index (χ0v) is 5.73. The number of halogens is 2. The van der Waals surface area contributed by atoms with Gasteiger partial charge in [-0.2, -0.15) is 8.78 Å². The van der Waals surface area contributed by atoms with Crippen molar-refractivity contribution in [2.75, 3.05) is 0 Å². The number of hydrogen-bond donors (Lipinski definition) is 0. The van der Waals surface area contributed by atoms with Crippen molar-refractivity contribution < 1.29 is 18.3 Å². The molecule has 0 unspecified atom stereocenters. The van der Waals surface area contributed by atoms with Crippen LogP contribution in [0.4, 0.5) is 8.78 Å². The predicted octanol–water partition coefficient (Wildman–Crippen LogP) is 1.72. The van der Waals surface area contributed by atoms with Crippen molar-refractivity contribution in [3.63, 3.8) is 0 Å². The molecule has 0 spiro atoms. The van der Waals surface area contributed by atoms with E-state index >= 15 is 0 Å². The first-order valence-electron chi connectivity index (χ1n) is 2.75. The minimum absolute atomic E-state index is 0.153. The maximum Gasteiger partial charge on any atom is 0.336 e. The summed E-state index contributed by atoms with van der Waals surface area (Å²) in [7, 11) is 0. The van der Waals surface area contributed by atoms with Gasteiger partial charge in [0.25, 0.3) is 6.08 Å². The SMILES string of the molecule is CC(C)OC(=O)C=C(F)F. The molecule has 4 heteroatoms. The van der Waals surface area contributed by atoms with Crippen molar-refractivity contribution in [2.45, 2.75) is 20.0 Å². The van der Waals surface area contributed by atoms with Crippen LogP contribution in [0.1, 0.15) is 13.8 Å². The average Bonchev–Trinajstić information content (AvgIpc) is 1.58. The van der Waals surface area contributed by atoms with Crippen LogP contribution in [0.3, 0.4) is 0 Å². The molecule has 0 aliphatic carbocycles. The summed E-state index contributed by atoms with van der Waals surface area (Å²) in [5.41, 5.74) is 0. The van der Waals surface area contributed by atoms with Gasteiger partial charge in [0.05, 0.1) is 12.2 Å². The molecular weight excluding hydrogens is 142 g/mol. The third kappa shape index (κ3) is 5.21. The highest BCUT2D eigenvalue weighted by atomic mass is 19.3. The van der Waals surface area contributed by atoms with Gasteiger partial charge in [-0.25, -0.2) is 4.79 Å². The van der Waals surface area contributed by atoms with E-state index in [0.29, 0.717) is 0 Å². The van der Waals surface area contributed by atoms with E-state index in [1.165, 1.54) is 0 Å². The summed E-state index contributed by atoms with van der Waals surface area (Å²) in [5, 5.41) is 0. The highest BCUT2D eigenvalue weighted by Gasteiger charge is 2.02. The molecule has 0 bridgehead atoms. The Balaban J connectivity index is 3.76. The first-order valence-corrected chi connectivity index (χ1v) is 2.75. The van der Waals surface area contributed by atoms with Gasteiger partial charge < -0.3 is 4.74 Å². The first-order chi connectivity index (χ1) is 4.52. The van der Waals surface area contributed by atoms with E-state index in [2.05, 4.69) is 4.74 Å². The second-order valence-electron chi connectivity index (χ2n) is 1.92. The van der Waals surface area contributed by atoms with E-state index in [-0.39, 0.29) is 12.2 Å². The number of rotatable bonds is 2. The van der Waals surface area contributed by atoms with Crippen molar-refractivity contribution in [1.29, 1.82) is 0 Å². The van der Waals surface area contributed by atoms with Crippen LogP contribution in [0.2, 0.25) is 0 Å². The second kappa shape index (κ2) is 3.98. The van der Waals surface area contributed by atoms with Crippen molar-refractivity contribution in [3.8, 4) is 0 Å². The van der Waals surface area contributed by atoms with Crippen molar-refractivity contribution in [3.05, 3.63) is 12.2 Å². The van der Waals surface area contributed by atoms with E-state index in [1.807, 2.05) is 0 Å². The Labute approximate surface area is 57.5 Å². The van der Waals surface area contributed by atoms with Gasteiger partial charge in [-0.1, -0.05) is 0 Å². The van der Waals surface area contributed by atoms with Crippen LogP contribution in [0.5, 0.6) is 0 Å². The van der Waals surface area contributed by atoms with Gasteiger partial charge in [-0.05, 0) is 13.8 Å². The lowest BCUT2D eigenvalue weighted by Crippen LogP contribution is -2.08. The lowest BCUT2D eigenvalue weighted by molar-refractivity contribution is -0.141. The molecule has 0 aromatic rings. The lowest BCUT2D eigenvalue weighted by Gasteiger charge is -2.02. The highest BCUT2D eigenvalue weighted by molar-refractivity contribution is 5.82. The fraction of sp³-hybridized carbons (Fsp3) is 0.500. The molecule has 0 saturated carbocycles. The summed E-state index contributed by atoms with van der Waals surface area (Å²) in [6.07, 6.45) is -2.24. The zero-order valence-electron chi connectivity index (χ0n) is 5.73. The zero-order chi connectivity index (χ0) is 8.15. The van der Waals surface area contributed by atoms with Crippen LogP contribution < -0.4 is 0 Å². The van der Waals surface area contributed by atoms with Gasteiger partial charge in [-0.15, -0.1) is 0 Å². The summed E-state index contributed by atoms with van der Waals surface area (Å²) in [5.74, 6) is -1.00. The normalized spacial score (nSPS) is 9.30. The number of carbonyl (C=O) groups is 1. The molecule has 0 aromatic heterocycles. The standard InChI is InChI=1S/C6H8F2O2/c1-4(2)10-6(9)3-5(7)8/h3-4H,1-2H3. The first kappa shape index (κ1) is 9.07. The molecule has 0 aliphatic heterocycles. The van der Waals surface area contributed by atoms with Crippen LogP contribution in [0.25, 0.3) is 0 Å². The number of hydrogen-bond acceptors (Lipinski definition) is 2. The minimum Gasteiger partial charge on any atom is -0.460 e. The largest absolute Gasteiger partial charge is 0.460 e. The van der Waals surface area contributed by atoms with E-state index in [1.54, 1.807) is 13.8 Å². The smallest absolute Gasteiger partial charge is 0.336 e. The molecule has 0 aliphatic rings. The highest BCUT2D eigenvalue weighted by Crippen LogP contribution is 1.98. The van der Waals surface area contributed by atoms with Crippen molar-refractivity contribution in [2.24, 2.45) is 0 Å². The van der Waals surface area contributed by atoms with Crippen LogP contribution in [-0.2, 0) is 9.53 Å². The summed E-state index contributed by atoms with van der Waals surface area (Å²) in [6, 6.07) is 0. The second-order valence-corrected chi connectivity index (χ2v) is 1.92. The lowest BCUT2D eigenvalue weighted by atomic mass is 10.5. The summed E-state index contributed by atoms with van der Waals surface area (Å²) < 4.78 is 27.0. The molecular formula is C6H8F2O2. The Hall–Kier alpha value is -0.930. The molecule has 0 rings (SSSR count). The van der Waals surface area contributed by atoms with E-state index in [0.717, 1.165) is 0 Å². The monoisotopic (exact) mass is 150 g/mol. The van der Waals surface area contributed by atoms with Crippen molar-refractivity contribution >= 4 is 5.97 Å². The van der Waals surface area contributed by atoms with Crippen molar-refractivity contribution in [1.82, 2.24) is 0 Å². The predicted molar refractivity (Wildman–Crippen MR) is 31.5 cm³/mol. The molecule has 58 valence electrons. The van der Waals surface area contributed by atoms with Gasteiger partial charge in [0, 0.05) is 0 Å². The quantitative estimate of drug-likeness (QED) is 0.442.